The Bertz CT molecular complexity index is 1130. The molecule has 0 aliphatic carbocycles. The number of carbonyl (C=O) groups is 2. The summed E-state index contributed by atoms with van der Waals surface area (Å²) in [5, 5.41) is 1.74. The van der Waals surface area contributed by atoms with Gasteiger partial charge in [-0.2, -0.15) is 0 Å². The number of rotatable bonds is 3. The maximum Gasteiger partial charge on any atom is 0.266 e. The van der Waals surface area contributed by atoms with Gasteiger partial charge in [0, 0.05) is 0 Å². The molecule has 0 bridgehead atoms. The number of anilines is 2. The minimum Gasteiger partial charge on any atom is -0.273 e. The van der Waals surface area contributed by atoms with Gasteiger partial charge in [0.25, 0.3) is 5.91 Å². The fourth-order valence-electron chi connectivity index (χ4n) is 4.50. The minimum atomic E-state index is -0.845. The molecule has 0 saturated carbocycles. The highest BCUT2D eigenvalue weighted by Gasteiger charge is 2.60. The molecular weight excluding hydrogens is 376 g/mol. The molecule has 0 aromatic heterocycles. The average Bonchev–Trinajstić information content (AvgIpc) is 3.26. The third-order valence-corrected chi connectivity index (χ3v) is 5.99. The van der Waals surface area contributed by atoms with Gasteiger partial charge in [0.05, 0.1) is 17.4 Å². The highest BCUT2D eigenvalue weighted by Crippen LogP contribution is 2.48. The van der Waals surface area contributed by atoms with Gasteiger partial charge in [0.15, 0.2) is 6.10 Å². The Kier molecular flexibility index (Phi) is 4.40. The van der Waals surface area contributed by atoms with Crippen LogP contribution >= 0.6 is 0 Å². The van der Waals surface area contributed by atoms with Gasteiger partial charge in [-0.3, -0.25) is 14.4 Å². The number of para-hydroxylation sites is 2. The van der Waals surface area contributed by atoms with Gasteiger partial charge in [-0.1, -0.05) is 60.7 Å². The molecule has 5 rings (SSSR count). The largest absolute Gasteiger partial charge is 0.273 e. The summed E-state index contributed by atoms with van der Waals surface area (Å²) in [5.41, 5.74) is 4.37. The van der Waals surface area contributed by atoms with Gasteiger partial charge in [-0.05, 0) is 48.7 Å². The van der Waals surface area contributed by atoms with Crippen molar-refractivity contribution in [2.75, 3.05) is 9.96 Å². The molecule has 0 spiro atoms. The summed E-state index contributed by atoms with van der Waals surface area (Å²) in [4.78, 5) is 34.5. The molecule has 30 heavy (non-hydrogen) atoms. The second-order valence-corrected chi connectivity index (χ2v) is 7.81. The van der Waals surface area contributed by atoms with Crippen LogP contribution in [0.5, 0.6) is 0 Å². The Labute approximate surface area is 175 Å². The number of carbonyl (C=O) groups excluding carboxylic acids is 2. The van der Waals surface area contributed by atoms with Gasteiger partial charge in [-0.15, -0.1) is 0 Å². The van der Waals surface area contributed by atoms with Gasteiger partial charge >= 0.3 is 0 Å². The second-order valence-electron chi connectivity index (χ2n) is 7.81. The maximum absolute atomic E-state index is 13.6. The van der Waals surface area contributed by atoms with Crippen LogP contribution in [0, 0.1) is 19.8 Å². The third kappa shape index (κ3) is 2.74. The summed E-state index contributed by atoms with van der Waals surface area (Å²) in [6.07, 6.45) is -0.845. The quantitative estimate of drug-likeness (QED) is 0.616. The molecule has 0 radical (unpaired) electrons. The van der Waals surface area contributed by atoms with Crippen molar-refractivity contribution in [2.24, 2.45) is 5.92 Å². The SMILES string of the molecule is Cc1ccccc1[C@@H]1[C@@H]2C(=O)N(c3ccccc3C)C(=O)[C@H]2ON1c1ccccc1. The van der Waals surface area contributed by atoms with Crippen molar-refractivity contribution in [3.63, 3.8) is 0 Å². The number of amides is 2. The maximum atomic E-state index is 13.6. The molecule has 5 heteroatoms. The molecule has 3 atom stereocenters. The van der Waals surface area contributed by atoms with Crippen LogP contribution in [-0.2, 0) is 14.4 Å². The lowest BCUT2D eigenvalue weighted by Gasteiger charge is -2.29. The van der Waals surface area contributed by atoms with E-state index in [4.69, 9.17) is 4.84 Å². The normalized spacial score (nSPS) is 23.2. The predicted octanol–water partition coefficient (Wildman–Crippen LogP) is 4.35. The van der Waals surface area contributed by atoms with Crippen molar-refractivity contribution in [3.8, 4) is 0 Å². The molecule has 0 unspecified atom stereocenters. The Balaban J connectivity index is 1.62. The molecule has 2 heterocycles. The van der Waals surface area contributed by atoms with E-state index in [1.165, 1.54) is 4.90 Å². The first-order chi connectivity index (χ1) is 14.6. The molecule has 150 valence electrons. The first kappa shape index (κ1) is 18.6. The Hall–Kier alpha value is -3.44. The monoisotopic (exact) mass is 398 g/mol. The summed E-state index contributed by atoms with van der Waals surface area (Å²) in [6, 6.07) is 24.7. The second kappa shape index (κ2) is 7.11. The standard InChI is InChI=1S/C25H22N2O3/c1-16-10-6-8-14-19(16)22-21-23(30-27(22)18-12-4-3-5-13-18)25(29)26(24(21)28)20-15-9-7-11-17(20)2/h3-15,21-23H,1-2H3/t21-,22+,23-/m0/s1. The summed E-state index contributed by atoms with van der Waals surface area (Å²) in [7, 11) is 0. The van der Waals surface area contributed by atoms with E-state index in [2.05, 4.69) is 0 Å². The van der Waals surface area contributed by atoms with E-state index in [-0.39, 0.29) is 17.9 Å². The molecule has 2 aliphatic heterocycles. The van der Waals surface area contributed by atoms with Gasteiger partial charge in [0.2, 0.25) is 5.91 Å². The zero-order chi connectivity index (χ0) is 20.8. The van der Waals surface area contributed by atoms with E-state index in [9.17, 15) is 9.59 Å². The fourth-order valence-corrected chi connectivity index (χ4v) is 4.50. The van der Waals surface area contributed by atoms with Crippen molar-refractivity contribution < 1.29 is 14.4 Å². The van der Waals surface area contributed by atoms with E-state index < -0.39 is 12.0 Å². The molecular formula is C25H22N2O3. The van der Waals surface area contributed by atoms with Crippen LogP contribution in [0.2, 0.25) is 0 Å². The number of nitrogens with zero attached hydrogens (tertiary/aromatic N) is 2. The van der Waals surface area contributed by atoms with Gasteiger partial charge < -0.3 is 0 Å². The number of hydroxylamine groups is 1. The summed E-state index contributed by atoms with van der Waals surface area (Å²) >= 11 is 0. The summed E-state index contributed by atoms with van der Waals surface area (Å²) in [5.74, 6) is -1.14. The average molecular weight is 398 g/mol. The highest BCUT2D eigenvalue weighted by atomic mass is 16.7. The minimum absolute atomic E-state index is 0.217. The van der Waals surface area contributed by atoms with Crippen LogP contribution in [0.15, 0.2) is 78.9 Å². The van der Waals surface area contributed by atoms with Crippen LogP contribution in [0.3, 0.4) is 0 Å². The number of hydrogen-bond donors (Lipinski definition) is 0. The summed E-state index contributed by atoms with van der Waals surface area (Å²) < 4.78 is 0. The lowest BCUT2D eigenvalue weighted by atomic mass is 9.88. The molecule has 0 N–H and O–H groups in total. The van der Waals surface area contributed by atoms with Gasteiger partial charge in [-0.25, -0.2) is 9.96 Å². The van der Waals surface area contributed by atoms with E-state index in [1.54, 1.807) is 5.06 Å². The Morgan fingerprint density at radius 2 is 1.37 bits per heavy atom. The summed E-state index contributed by atoms with van der Waals surface area (Å²) in [6.45, 7) is 3.92. The molecule has 5 nitrogen and oxygen atoms in total. The topological polar surface area (TPSA) is 49.9 Å². The van der Waals surface area contributed by atoms with E-state index in [0.29, 0.717) is 5.69 Å². The number of imide groups is 1. The number of hydrogen-bond acceptors (Lipinski definition) is 4. The van der Waals surface area contributed by atoms with Crippen molar-refractivity contribution >= 4 is 23.2 Å². The molecule has 3 aromatic carbocycles. The predicted molar refractivity (Wildman–Crippen MR) is 115 cm³/mol. The van der Waals surface area contributed by atoms with Crippen molar-refractivity contribution in [1.82, 2.24) is 0 Å². The molecule has 2 amide bonds. The van der Waals surface area contributed by atoms with Crippen LogP contribution in [0.25, 0.3) is 0 Å². The zero-order valence-corrected chi connectivity index (χ0v) is 16.9. The molecule has 3 aromatic rings. The van der Waals surface area contributed by atoms with Crippen LogP contribution in [-0.4, -0.2) is 17.9 Å². The van der Waals surface area contributed by atoms with E-state index in [0.717, 1.165) is 22.4 Å². The van der Waals surface area contributed by atoms with Crippen molar-refractivity contribution in [3.05, 3.63) is 95.6 Å². The first-order valence-corrected chi connectivity index (χ1v) is 10.1. The fraction of sp³-hybridized carbons (Fsp3) is 0.200. The Morgan fingerprint density at radius 3 is 2.07 bits per heavy atom. The molecule has 2 aliphatic rings. The number of aryl methyl sites for hydroxylation is 2. The van der Waals surface area contributed by atoms with E-state index in [1.807, 2.05) is 92.7 Å². The molecule has 2 fully saturated rings. The van der Waals surface area contributed by atoms with Crippen LogP contribution < -0.4 is 9.96 Å². The zero-order valence-electron chi connectivity index (χ0n) is 16.9. The highest BCUT2D eigenvalue weighted by molar-refractivity contribution is 6.24. The van der Waals surface area contributed by atoms with Crippen LogP contribution in [0.4, 0.5) is 11.4 Å². The van der Waals surface area contributed by atoms with E-state index >= 15 is 0 Å². The lowest BCUT2D eigenvalue weighted by molar-refractivity contribution is -0.126. The van der Waals surface area contributed by atoms with Crippen molar-refractivity contribution in [2.45, 2.75) is 26.0 Å². The first-order valence-electron chi connectivity index (χ1n) is 10.1. The molecule has 2 saturated heterocycles. The van der Waals surface area contributed by atoms with Crippen molar-refractivity contribution in [1.29, 1.82) is 0 Å². The van der Waals surface area contributed by atoms with Gasteiger partial charge in [0.1, 0.15) is 5.92 Å². The lowest BCUT2D eigenvalue weighted by Crippen LogP contribution is -2.37. The van der Waals surface area contributed by atoms with Crippen LogP contribution in [0.1, 0.15) is 22.7 Å². The smallest absolute Gasteiger partial charge is 0.266 e. The number of fused-ring (bicyclic) bond motifs is 1. The Morgan fingerprint density at radius 1 is 0.733 bits per heavy atom. The third-order valence-electron chi connectivity index (χ3n) is 5.99. The number of benzene rings is 3.